The van der Waals surface area contributed by atoms with E-state index in [1.165, 1.54) is 12.8 Å². The van der Waals surface area contributed by atoms with Gasteiger partial charge in [0.25, 0.3) is 0 Å². The third kappa shape index (κ3) is 5.25. The fourth-order valence-electron chi connectivity index (χ4n) is 2.14. The quantitative estimate of drug-likeness (QED) is 0.725. The minimum absolute atomic E-state index is 0.155. The Labute approximate surface area is 111 Å². The van der Waals surface area contributed by atoms with Crippen molar-refractivity contribution < 1.29 is 9.90 Å². The number of amides is 2. The highest BCUT2D eigenvalue weighted by Gasteiger charge is 2.23. The van der Waals surface area contributed by atoms with E-state index in [0.29, 0.717) is 12.6 Å². The molecule has 4 nitrogen and oxygen atoms in total. The molecule has 3 N–H and O–H groups in total. The molecule has 1 rings (SSSR count). The van der Waals surface area contributed by atoms with Gasteiger partial charge in [-0.25, -0.2) is 4.79 Å². The summed E-state index contributed by atoms with van der Waals surface area (Å²) in [5.41, 5.74) is -0.201. The van der Waals surface area contributed by atoms with Crippen LogP contribution in [-0.2, 0) is 0 Å². The van der Waals surface area contributed by atoms with Crippen LogP contribution in [0.5, 0.6) is 0 Å². The zero-order valence-electron chi connectivity index (χ0n) is 12.1. The molecule has 2 amide bonds. The van der Waals surface area contributed by atoms with Gasteiger partial charge in [-0.1, -0.05) is 27.7 Å². The van der Waals surface area contributed by atoms with Crippen molar-refractivity contribution in [2.75, 3.05) is 6.54 Å². The molecule has 0 aromatic carbocycles. The van der Waals surface area contributed by atoms with Gasteiger partial charge in [0, 0.05) is 12.6 Å². The van der Waals surface area contributed by atoms with E-state index in [4.69, 9.17) is 0 Å². The number of nitrogens with one attached hydrogen (secondary N) is 2. The van der Waals surface area contributed by atoms with Crippen LogP contribution in [0, 0.1) is 11.3 Å². The molecule has 0 radical (unpaired) electrons. The Kier molecular flexibility index (Phi) is 5.45. The van der Waals surface area contributed by atoms with Gasteiger partial charge in [-0.2, -0.15) is 0 Å². The molecule has 1 unspecified atom stereocenters. The zero-order chi connectivity index (χ0) is 13.8. The normalized spacial score (nSPS) is 26.5. The van der Waals surface area contributed by atoms with Crippen molar-refractivity contribution in [3.05, 3.63) is 0 Å². The number of hydrogen-bond acceptors (Lipinski definition) is 2. The van der Waals surface area contributed by atoms with Crippen molar-refractivity contribution in [3.8, 4) is 0 Å². The van der Waals surface area contributed by atoms with E-state index in [1.54, 1.807) is 0 Å². The minimum atomic E-state index is -0.519. The lowest BCUT2D eigenvalue weighted by atomic mass is 9.87. The lowest BCUT2D eigenvalue weighted by Gasteiger charge is -2.28. The number of hydrogen-bond donors (Lipinski definition) is 3. The van der Waals surface area contributed by atoms with Crippen LogP contribution in [0.15, 0.2) is 0 Å². The van der Waals surface area contributed by atoms with Crippen LogP contribution >= 0.6 is 0 Å². The molecule has 0 heterocycles. The number of rotatable bonds is 3. The molecule has 0 saturated heterocycles. The molecule has 4 heteroatoms. The van der Waals surface area contributed by atoms with Gasteiger partial charge in [0.2, 0.25) is 0 Å². The van der Waals surface area contributed by atoms with E-state index < -0.39 is 6.10 Å². The van der Waals surface area contributed by atoms with Crippen LogP contribution in [0.1, 0.15) is 53.4 Å². The molecular formula is C14H28N2O2. The monoisotopic (exact) mass is 256 g/mol. The number of carbonyl (C=O) groups excluding carboxylic acids is 1. The summed E-state index contributed by atoms with van der Waals surface area (Å²) in [6.07, 6.45) is 3.99. The highest BCUT2D eigenvalue weighted by Crippen LogP contribution is 2.23. The Morgan fingerprint density at radius 1 is 1.28 bits per heavy atom. The van der Waals surface area contributed by atoms with E-state index in [1.807, 2.05) is 20.8 Å². The lowest BCUT2D eigenvalue weighted by molar-refractivity contribution is 0.0648. The maximum Gasteiger partial charge on any atom is 0.315 e. The largest absolute Gasteiger partial charge is 0.391 e. The third-order valence-electron chi connectivity index (χ3n) is 3.81. The Morgan fingerprint density at radius 3 is 2.33 bits per heavy atom. The minimum Gasteiger partial charge on any atom is -0.391 e. The number of aliphatic hydroxyl groups is 1. The number of urea groups is 1. The first-order valence-corrected chi connectivity index (χ1v) is 7.01. The molecule has 0 bridgehead atoms. The van der Waals surface area contributed by atoms with E-state index in [9.17, 15) is 9.90 Å². The summed E-state index contributed by atoms with van der Waals surface area (Å²) in [6, 6.07) is 0.144. The summed E-state index contributed by atoms with van der Waals surface area (Å²) in [7, 11) is 0. The predicted molar refractivity (Wildman–Crippen MR) is 73.4 cm³/mol. The number of aliphatic hydroxyl groups excluding tert-OH is 1. The smallest absolute Gasteiger partial charge is 0.315 e. The molecule has 1 aliphatic rings. The highest BCUT2D eigenvalue weighted by molar-refractivity contribution is 5.74. The van der Waals surface area contributed by atoms with Gasteiger partial charge < -0.3 is 15.7 Å². The summed E-state index contributed by atoms with van der Waals surface area (Å²) in [5.74, 6) is 0.786. The van der Waals surface area contributed by atoms with Crippen molar-refractivity contribution in [2.24, 2.45) is 11.3 Å². The average molecular weight is 256 g/mol. The Hall–Kier alpha value is -0.770. The maximum atomic E-state index is 11.7. The molecule has 106 valence electrons. The maximum absolute atomic E-state index is 11.7. The molecule has 1 aliphatic carbocycles. The first-order valence-electron chi connectivity index (χ1n) is 7.01. The standard InChI is InChI=1S/C14H28N2O2/c1-10-5-7-11(8-6-10)16-13(18)15-9-12(17)14(2,3)4/h10-12,17H,5-9H2,1-4H3,(H2,15,16,18). The average Bonchev–Trinajstić information content (AvgIpc) is 2.28. The zero-order valence-corrected chi connectivity index (χ0v) is 12.1. The van der Waals surface area contributed by atoms with Crippen molar-refractivity contribution in [3.63, 3.8) is 0 Å². The van der Waals surface area contributed by atoms with Crippen LogP contribution in [0.25, 0.3) is 0 Å². The molecular weight excluding hydrogens is 228 g/mol. The van der Waals surface area contributed by atoms with Gasteiger partial charge in [0.15, 0.2) is 0 Å². The molecule has 0 aliphatic heterocycles. The van der Waals surface area contributed by atoms with E-state index >= 15 is 0 Å². The van der Waals surface area contributed by atoms with Crippen molar-refractivity contribution in [1.29, 1.82) is 0 Å². The SMILES string of the molecule is CC1CCC(NC(=O)NCC(O)C(C)(C)C)CC1. The van der Waals surface area contributed by atoms with E-state index in [-0.39, 0.29) is 11.4 Å². The second-order valence-corrected chi connectivity index (χ2v) is 6.69. The second kappa shape index (κ2) is 6.41. The van der Waals surface area contributed by atoms with Gasteiger partial charge >= 0.3 is 6.03 Å². The molecule has 1 saturated carbocycles. The molecule has 0 aromatic rings. The third-order valence-corrected chi connectivity index (χ3v) is 3.81. The van der Waals surface area contributed by atoms with Gasteiger partial charge in [0.05, 0.1) is 6.10 Å². The van der Waals surface area contributed by atoms with E-state index in [2.05, 4.69) is 17.6 Å². The van der Waals surface area contributed by atoms with E-state index in [0.717, 1.165) is 18.8 Å². The van der Waals surface area contributed by atoms with Crippen molar-refractivity contribution in [1.82, 2.24) is 10.6 Å². The Balaban J connectivity index is 2.22. The fraction of sp³-hybridized carbons (Fsp3) is 0.929. The summed E-state index contributed by atoms with van der Waals surface area (Å²) in [4.78, 5) is 11.7. The number of carbonyl (C=O) groups is 1. The first-order chi connectivity index (χ1) is 8.29. The predicted octanol–water partition coefficient (Wildman–Crippen LogP) is 2.27. The van der Waals surface area contributed by atoms with Gasteiger partial charge in [-0.3, -0.25) is 0 Å². The van der Waals surface area contributed by atoms with Crippen LogP contribution in [0.2, 0.25) is 0 Å². The molecule has 1 fully saturated rings. The van der Waals surface area contributed by atoms with Crippen LogP contribution < -0.4 is 10.6 Å². The first kappa shape index (κ1) is 15.3. The van der Waals surface area contributed by atoms with Gasteiger partial charge in [-0.05, 0) is 37.0 Å². The topological polar surface area (TPSA) is 61.4 Å². The van der Waals surface area contributed by atoms with Crippen molar-refractivity contribution in [2.45, 2.75) is 65.5 Å². The summed E-state index contributed by atoms with van der Waals surface area (Å²) in [6.45, 7) is 8.44. The van der Waals surface area contributed by atoms with Crippen LogP contribution in [0.4, 0.5) is 4.79 Å². The van der Waals surface area contributed by atoms with Crippen molar-refractivity contribution >= 4 is 6.03 Å². The molecule has 0 spiro atoms. The molecule has 0 aromatic heterocycles. The molecule has 1 atom stereocenters. The Morgan fingerprint density at radius 2 is 1.83 bits per heavy atom. The second-order valence-electron chi connectivity index (χ2n) is 6.69. The summed E-state index contributed by atoms with van der Waals surface area (Å²) in [5, 5.41) is 15.6. The fourth-order valence-corrected chi connectivity index (χ4v) is 2.14. The Bertz CT molecular complexity index is 265. The van der Waals surface area contributed by atoms with Crippen LogP contribution in [-0.4, -0.2) is 29.8 Å². The summed E-state index contributed by atoms with van der Waals surface area (Å²) >= 11 is 0. The van der Waals surface area contributed by atoms with Gasteiger partial charge in [0.1, 0.15) is 0 Å². The summed E-state index contributed by atoms with van der Waals surface area (Å²) < 4.78 is 0. The highest BCUT2D eigenvalue weighted by atomic mass is 16.3. The molecule has 18 heavy (non-hydrogen) atoms. The van der Waals surface area contributed by atoms with Gasteiger partial charge in [-0.15, -0.1) is 0 Å². The van der Waals surface area contributed by atoms with Crippen LogP contribution in [0.3, 0.4) is 0 Å². The lowest BCUT2D eigenvalue weighted by Crippen LogP contribution is -2.47.